The van der Waals surface area contributed by atoms with Gasteiger partial charge in [0.25, 0.3) is 0 Å². The molecule has 0 N–H and O–H groups in total. The van der Waals surface area contributed by atoms with Gasteiger partial charge in [-0.2, -0.15) is 0 Å². The van der Waals surface area contributed by atoms with Crippen molar-refractivity contribution >= 4 is 45.8 Å². The van der Waals surface area contributed by atoms with Crippen LogP contribution >= 0.6 is 0 Å². The lowest BCUT2D eigenvalue weighted by atomic mass is 9.73. The molecule has 0 amide bonds. The van der Waals surface area contributed by atoms with Crippen LogP contribution in [0, 0.1) is 5.92 Å². The molecule has 8 aromatic rings. The van der Waals surface area contributed by atoms with Crippen molar-refractivity contribution in [1.29, 1.82) is 0 Å². The van der Waals surface area contributed by atoms with E-state index in [0.29, 0.717) is 0 Å². The minimum absolute atomic E-state index is 0.102. The van der Waals surface area contributed by atoms with E-state index in [1.54, 1.807) is 0 Å². The molecular weight excluding hydrogens is 703 g/mol. The van der Waals surface area contributed by atoms with Crippen molar-refractivity contribution in [1.82, 2.24) is 0 Å². The van der Waals surface area contributed by atoms with E-state index in [0.717, 1.165) is 40.9 Å². The molecule has 0 spiro atoms. The Morgan fingerprint density at radius 3 is 1.69 bits per heavy atom. The summed E-state index contributed by atoms with van der Waals surface area (Å²) in [5.74, 6) is 1.32. The normalized spacial score (nSPS) is 16.4. The molecule has 3 aliphatic carbocycles. The van der Waals surface area contributed by atoms with Crippen LogP contribution in [-0.2, 0) is 6.42 Å². The van der Waals surface area contributed by atoms with E-state index in [4.69, 9.17) is 4.42 Å². The van der Waals surface area contributed by atoms with E-state index in [9.17, 15) is 0 Å². The summed E-state index contributed by atoms with van der Waals surface area (Å²) < 4.78 is 6.95. The first-order valence-corrected chi connectivity index (χ1v) is 20.4. The maximum atomic E-state index is 6.95. The summed E-state index contributed by atoms with van der Waals surface area (Å²) in [5, 5.41) is 1.14. The molecule has 3 aliphatic rings. The smallest absolute Gasteiger partial charge is 0.137 e. The van der Waals surface area contributed by atoms with E-state index in [2.05, 4.69) is 217 Å². The monoisotopic (exact) mass is 743 g/mol. The number of benzene rings is 7. The van der Waals surface area contributed by atoms with Gasteiger partial charge in [-0.05, 0) is 105 Å². The lowest BCUT2D eigenvalue weighted by Gasteiger charge is -2.31. The lowest BCUT2D eigenvalue weighted by Crippen LogP contribution is -2.17. The van der Waals surface area contributed by atoms with Crippen LogP contribution < -0.4 is 4.90 Å². The van der Waals surface area contributed by atoms with Crippen LogP contribution in [0.5, 0.6) is 0 Å². The third kappa shape index (κ3) is 5.97. The molecule has 0 fully saturated rings. The zero-order valence-corrected chi connectivity index (χ0v) is 32.1. The van der Waals surface area contributed by atoms with Crippen LogP contribution in [0.25, 0.3) is 62.1 Å². The molecule has 0 bridgehead atoms. The highest BCUT2D eigenvalue weighted by Gasteiger charge is 2.36. The molecule has 2 atom stereocenters. The summed E-state index contributed by atoms with van der Waals surface area (Å²) in [4.78, 5) is 2.48. The van der Waals surface area contributed by atoms with Gasteiger partial charge in [0.1, 0.15) is 11.3 Å². The number of rotatable bonds is 7. The van der Waals surface area contributed by atoms with Crippen molar-refractivity contribution in [3.05, 3.63) is 228 Å². The van der Waals surface area contributed by atoms with Gasteiger partial charge in [0.15, 0.2) is 0 Å². The zero-order valence-electron chi connectivity index (χ0n) is 32.1. The van der Waals surface area contributed by atoms with E-state index in [1.165, 1.54) is 66.9 Å². The number of furan rings is 1. The van der Waals surface area contributed by atoms with Gasteiger partial charge in [-0.25, -0.2) is 0 Å². The fourth-order valence-corrected chi connectivity index (χ4v) is 9.28. The van der Waals surface area contributed by atoms with E-state index < -0.39 is 0 Å². The van der Waals surface area contributed by atoms with Crippen LogP contribution in [-0.4, -0.2) is 0 Å². The van der Waals surface area contributed by atoms with Gasteiger partial charge in [-0.1, -0.05) is 176 Å². The maximum absolute atomic E-state index is 6.95. The third-order valence-corrected chi connectivity index (χ3v) is 12.2. The van der Waals surface area contributed by atoms with Gasteiger partial charge in [-0.3, -0.25) is 0 Å². The van der Waals surface area contributed by atoms with Gasteiger partial charge in [0.2, 0.25) is 0 Å². The van der Waals surface area contributed by atoms with E-state index in [-0.39, 0.29) is 11.8 Å². The van der Waals surface area contributed by atoms with Gasteiger partial charge >= 0.3 is 0 Å². The van der Waals surface area contributed by atoms with E-state index >= 15 is 0 Å². The van der Waals surface area contributed by atoms with E-state index in [1.807, 2.05) is 0 Å². The fraction of sp³-hybridized carbons (Fsp3) is 0.0714. The molecule has 0 radical (unpaired) electrons. The first-order valence-electron chi connectivity index (χ1n) is 20.4. The van der Waals surface area contributed by atoms with Crippen LogP contribution in [0.2, 0.25) is 0 Å². The predicted octanol–water partition coefficient (Wildman–Crippen LogP) is 15.2. The summed E-state index contributed by atoms with van der Waals surface area (Å²) in [6.07, 6.45) is 18.0. The van der Waals surface area contributed by atoms with Crippen LogP contribution in [0.3, 0.4) is 0 Å². The molecule has 0 aliphatic heterocycles. The highest BCUT2D eigenvalue weighted by atomic mass is 16.3. The van der Waals surface area contributed by atoms with Gasteiger partial charge in [0.05, 0.1) is 11.1 Å². The van der Waals surface area contributed by atoms with Crippen molar-refractivity contribution in [3.8, 4) is 33.4 Å². The molecular formula is C56H41NO. The summed E-state index contributed by atoms with van der Waals surface area (Å²) in [6.45, 7) is 0. The molecule has 1 aromatic heterocycles. The first kappa shape index (κ1) is 34.1. The molecule has 2 unspecified atom stereocenters. The second kappa shape index (κ2) is 14.4. The van der Waals surface area contributed by atoms with Crippen LogP contribution in [0.15, 0.2) is 205 Å². The molecule has 7 aromatic carbocycles. The Bertz CT molecular complexity index is 2910. The molecule has 58 heavy (non-hydrogen) atoms. The maximum Gasteiger partial charge on any atom is 0.137 e. The Morgan fingerprint density at radius 2 is 1.03 bits per heavy atom. The van der Waals surface area contributed by atoms with Crippen molar-refractivity contribution < 1.29 is 4.42 Å². The molecule has 2 nitrogen and oxygen atoms in total. The Labute approximate surface area is 340 Å². The van der Waals surface area contributed by atoms with Crippen LogP contribution in [0.1, 0.15) is 40.4 Å². The molecule has 2 heteroatoms. The SMILES string of the molecule is C1=CC2C(c3ccc(-c4ccccc4)cc3)=Cc3c(oc4cccc(N(c5ccc(-c6ccc(-c7ccccc7)cc6)cc5)c5cccc6c5CCC=C6)c34)C2C=C1. The van der Waals surface area contributed by atoms with Crippen molar-refractivity contribution in [3.63, 3.8) is 0 Å². The fourth-order valence-electron chi connectivity index (χ4n) is 9.28. The Morgan fingerprint density at radius 1 is 0.483 bits per heavy atom. The molecule has 1 heterocycles. The Hall–Kier alpha value is -7.16. The molecule has 11 rings (SSSR count). The average Bonchev–Trinajstić information content (AvgIpc) is 3.70. The Balaban J connectivity index is 1.05. The molecule has 0 saturated heterocycles. The second-order valence-electron chi connectivity index (χ2n) is 15.5. The number of hydrogen-bond donors (Lipinski definition) is 0. The number of anilines is 3. The predicted molar refractivity (Wildman–Crippen MR) is 243 cm³/mol. The number of fused-ring (bicyclic) bond motifs is 6. The standard InChI is InChI=1S/C56H41NO/c1-3-13-38(14-4-1)40-25-27-42(28-26-40)43-33-35-46(36-34-43)57(52-22-11-18-44-17-7-8-19-47(44)52)53-23-12-24-54-55(53)51-37-50(48-20-9-10-21-49(48)56(51)58-54)45-31-29-41(30-32-45)39-15-5-2-6-16-39/h1-7,9-18,20-37,48-49H,8,19H2. The molecule has 0 saturated carbocycles. The third-order valence-electron chi connectivity index (χ3n) is 12.2. The quantitative estimate of drug-likeness (QED) is 0.162. The first-order chi connectivity index (χ1) is 28.8. The minimum Gasteiger partial charge on any atom is -0.460 e. The number of nitrogens with zero attached hydrogens (tertiary/aromatic N) is 1. The van der Waals surface area contributed by atoms with Gasteiger partial charge in [-0.15, -0.1) is 0 Å². The summed E-state index contributed by atoms with van der Waals surface area (Å²) >= 11 is 0. The lowest BCUT2D eigenvalue weighted by molar-refractivity contribution is 0.496. The Kier molecular flexibility index (Phi) is 8.47. The number of hydrogen-bond acceptors (Lipinski definition) is 2. The highest BCUT2D eigenvalue weighted by Crippen LogP contribution is 2.52. The van der Waals surface area contributed by atoms with Crippen molar-refractivity contribution in [2.45, 2.75) is 18.8 Å². The highest BCUT2D eigenvalue weighted by molar-refractivity contribution is 6.06. The average molecular weight is 744 g/mol. The summed E-state index contributed by atoms with van der Waals surface area (Å²) in [6, 6.07) is 61.6. The minimum atomic E-state index is 0.102. The summed E-state index contributed by atoms with van der Waals surface area (Å²) in [5.41, 5.74) is 18.0. The van der Waals surface area contributed by atoms with Crippen molar-refractivity contribution in [2.75, 3.05) is 4.90 Å². The van der Waals surface area contributed by atoms with Crippen LogP contribution in [0.4, 0.5) is 17.1 Å². The zero-order chi connectivity index (χ0) is 38.4. The summed E-state index contributed by atoms with van der Waals surface area (Å²) in [7, 11) is 0. The van der Waals surface area contributed by atoms with Gasteiger partial charge in [0, 0.05) is 28.8 Å². The largest absolute Gasteiger partial charge is 0.460 e. The second-order valence-corrected chi connectivity index (χ2v) is 15.5. The topological polar surface area (TPSA) is 16.4 Å². The number of allylic oxidation sites excluding steroid dienone is 6. The molecule has 276 valence electrons. The van der Waals surface area contributed by atoms with Gasteiger partial charge < -0.3 is 9.32 Å². The van der Waals surface area contributed by atoms with Crippen molar-refractivity contribution in [2.24, 2.45) is 5.92 Å².